The van der Waals surface area contributed by atoms with E-state index in [0.29, 0.717) is 16.5 Å². The Bertz CT molecular complexity index is 919. The highest BCUT2D eigenvalue weighted by Crippen LogP contribution is 2.34. The Hall–Kier alpha value is -2.51. The van der Waals surface area contributed by atoms with E-state index >= 15 is 0 Å². The summed E-state index contributed by atoms with van der Waals surface area (Å²) in [4.78, 5) is 38.8. The molecule has 0 spiro atoms. The molecule has 28 heavy (non-hydrogen) atoms. The molecule has 2 amide bonds. The number of ether oxygens (including phenoxy) is 1. The summed E-state index contributed by atoms with van der Waals surface area (Å²) in [6, 6.07) is 12.7. The van der Waals surface area contributed by atoms with Crippen molar-refractivity contribution in [3.8, 4) is 0 Å². The lowest BCUT2D eigenvalue weighted by Crippen LogP contribution is -2.37. The minimum Gasteiger partial charge on any atom is -0.456 e. The molecule has 0 aliphatic carbocycles. The van der Waals surface area contributed by atoms with Gasteiger partial charge < -0.3 is 15.0 Å². The van der Waals surface area contributed by atoms with E-state index in [1.807, 2.05) is 31.2 Å². The summed E-state index contributed by atoms with van der Waals surface area (Å²) >= 11 is 7.40. The molecule has 0 fully saturated rings. The Balaban J connectivity index is 1.49. The molecule has 6 nitrogen and oxygen atoms in total. The van der Waals surface area contributed by atoms with Gasteiger partial charge in [0.15, 0.2) is 6.61 Å². The van der Waals surface area contributed by atoms with Crippen molar-refractivity contribution in [3.05, 3.63) is 53.1 Å². The molecule has 2 aromatic rings. The van der Waals surface area contributed by atoms with Crippen molar-refractivity contribution in [1.29, 1.82) is 0 Å². The predicted molar refractivity (Wildman–Crippen MR) is 110 cm³/mol. The molecule has 146 valence electrons. The molecule has 0 radical (unpaired) electrons. The lowest BCUT2D eigenvalue weighted by Gasteiger charge is -2.28. The maximum Gasteiger partial charge on any atom is 0.308 e. The second kappa shape index (κ2) is 9.12. The van der Waals surface area contributed by atoms with Gasteiger partial charge in [0, 0.05) is 22.2 Å². The smallest absolute Gasteiger partial charge is 0.308 e. The minimum atomic E-state index is -0.540. The van der Waals surface area contributed by atoms with Gasteiger partial charge in [0.2, 0.25) is 5.91 Å². The van der Waals surface area contributed by atoms with Gasteiger partial charge in [-0.2, -0.15) is 0 Å². The number of nitrogens with zero attached hydrogens (tertiary/aromatic N) is 1. The monoisotopic (exact) mass is 418 g/mol. The molecule has 2 aromatic carbocycles. The third-order valence-corrected chi connectivity index (χ3v) is 5.47. The van der Waals surface area contributed by atoms with Crippen molar-refractivity contribution in [3.63, 3.8) is 0 Å². The second-order valence-electron chi connectivity index (χ2n) is 6.22. The number of amides is 2. The maximum absolute atomic E-state index is 12.2. The number of hydrogen-bond acceptors (Lipinski definition) is 5. The topological polar surface area (TPSA) is 75.7 Å². The van der Waals surface area contributed by atoms with Crippen molar-refractivity contribution in [2.75, 3.05) is 29.1 Å². The van der Waals surface area contributed by atoms with E-state index in [4.69, 9.17) is 16.3 Å². The number of para-hydroxylation sites is 1. The van der Waals surface area contributed by atoms with E-state index in [0.717, 1.165) is 16.1 Å². The van der Waals surface area contributed by atoms with Gasteiger partial charge in [-0.25, -0.2) is 0 Å². The van der Waals surface area contributed by atoms with E-state index in [2.05, 4.69) is 5.32 Å². The number of thioether (sulfide) groups is 1. The van der Waals surface area contributed by atoms with Crippen LogP contribution >= 0.6 is 23.4 Å². The zero-order chi connectivity index (χ0) is 20.1. The number of aryl methyl sites for hydroxylation is 1. The second-order valence-corrected chi connectivity index (χ2v) is 7.67. The molecule has 0 bridgehead atoms. The average Bonchev–Trinajstić information content (AvgIpc) is 2.68. The van der Waals surface area contributed by atoms with Crippen LogP contribution in [-0.2, 0) is 19.1 Å². The Morgan fingerprint density at radius 2 is 2.04 bits per heavy atom. The first-order valence-corrected chi connectivity index (χ1v) is 10.0. The zero-order valence-corrected chi connectivity index (χ0v) is 16.8. The highest BCUT2D eigenvalue weighted by atomic mass is 35.5. The number of benzene rings is 2. The Morgan fingerprint density at radius 1 is 1.25 bits per heavy atom. The molecule has 0 saturated heterocycles. The van der Waals surface area contributed by atoms with E-state index in [-0.39, 0.29) is 18.9 Å². The fraction of sp³-hybridized carbons (Fsp3) is 0.250. The van der Waals surface area contributed by atoms with E-state index < -0.39 is 18.5 Å². The molecule has 1 aliphatic heterocycles. The Morgan fingerprint density at radius 3 is 2.86 bits per heavy atom. The summed E-state index contributed by atoms with van der Waals surface area (Å²) in [5, 5.41) is 3.17. The summed E-state index contributed by atoms with van der Waals surface area (Å²) in [6.45, 7) is 1.65. The molecule has 1 heterocycles. The summed E-state index contributed by atoms with van der Waals surface area (Å²) in [6.07, 6.45) is 0.00815. The van der Waals surface area contributed by atoms with Crippen molar-refractivity contribution >= 4 is 52.5 Å². The number of rotatable bonds is 6. The molecule has 0 aromatic heterocycles. The number of carbonyl (C=O) groups is 3. The van der Waals surface area contributed by atoms with Crippen LogP contribution in [0.5, 0.6) is 0 Å². The summed E-state index contributed by atoms with van der Waals surface area (Å²) in [5.41, 5.74) is 2.22. The van der Waals surface area contributed by atoms with Gasteiger partial charge >= 0.3 is 5.97 Å². The van der Waals surface area contributed by atoms with Gasteiger partial charge in [0.25, 0.3) is 5.91 Å². The van der Waals surface area contributed by atoms with Gasteiger partial charge in [0.05, 0.1) is 17.9 Å². The summed E-state index contributed by atoms with van der Waals surface area (Å²) in [7, 11) is 0. The number of hydrogen-bond donors (Lipinski definition) is 1. The van der Waals surface area contributed by atoms with Crippen molar-refractivity contribution in [2.24, 2.45) is 0 Å². The number of halogens is 1. The number of nitrogens with one attached hydrogen (secondary N) is 1. The number of anilines is 2. The zero-order valence-electron chi connectivity index (χ0n) is 15.2. The van der Waals surface area contributed by atoms with Crippen LogP contribution in [-0.4, -0.2) is 36.7 Å². The summed E-state index contributed by atoms with van der Waals surface area (Å²) < 4.78 is 5.03. The molecule has 8 heteroatoms. The minimum absolute atomic E-state index is 0.00815. The van der Waals surface area contributed by atoms with Gasteiger partial charge in [0.1, 0.15) is 0 Å². The first-order chi connectivity index (χ1) is 13.4. The van der Waals surface area contributed by atoms with Crippen LogP contribution in [0.1, 0.15) is 12.0 Å². The maximum atomic E-state index is 12.2. The van der Waals surface area contributed by atoms with Crippen molar-refractivity contribution < 1.29 is 19.1 Å². The number of carbonyl (C=O) groups excluding carboxylic acids is 3. The Kier molecular flexibility index (Phi) is 6.59. The van der Waals surface area contributed by atoms with Crippen LogP contribution in [0.4, 0.5) is 11.4 Å². The molecular formula is C20H19ClN2O4S. The van der Waals surface area contributed by atoms with E-state index in [1.54, 1.807) is 23.1 Å². The molecular weight excluding hydrogens is 400 g/mol. The van der Waals surface area contributed by atoms with Crippen LogP contribution in [0.25, 0.3) is 0 Å². The Labute approximate surface area is 172 Å². The highest BCUT2D eigenvalue weighted by molar-refractivity contribution is 8.00. The van der Waals surface area contributed by atoms with Gasteiger partial charge in [-0.1, -0.05) is 29.8 Å². The highest BCUT2D eigenvalue weighted by Gasteiger charge is 2.25. The van der Waals surface area contributed by atoms with Crippen LogP contribution in [0.15, 0.2) is 47.4 Å². The molecule has 0 atom stereocenters. The van der Waals surface area contributed by atoms with Gasteiger partial charge in [-0.05, 0) is 36.8 Å². The molecule has 1 N–H and O–H groups in total. The van der Waals surface area contributed by atoms with Crippen molar-refractivity contribution in [2.45, 2.75) is 18.2 Å². The molecule has 1 aliphatic rings. The van der Waals surface area contributed by atoms with Crippen LogP contribution in [0, 0.1) is 6.92 Å². The first kappa shape index (κ1) is 20.2. The normalized spacial score (nSPS) is 13.1. The quantitative estimate of drug-likeness (QED) is 0.724. The molecule has 0 unspecified atom stereocenters. The van der Waals surface area contributed by atoms with E-state index in [1.165, 1.54) is 11.8 Å². The van der Waals surface area contributed by atoms with Gasteiger partial charge in [-0.15, -0.1) is 11.8 Å². The largest absolute Gasteiger partial charge is 0.456 e. The van der Waals surface area contributed by atoms with Crippen LogP contribution in [0.2, 0.25) is 5.02 Å². The third kappa shape index (κ3) is 5.05. The van der Waals surface area contributed by atoms with Crippen molar-refractivity contribution in [1.82, 2.24) is 0 Å². The lowest BCUT2D eigenvalue weighted by atomic mass is 10.2. The first-order valence-electron chi connectivity index (χ1n) is 8.68. The lowest BCUT2D eigenvalue weighted by molar-refractivity contribution is -0.147. The standard InChI is InChI=1S/C20H19ClN2O4S/c1-13-6-7-14(21)10-15(13)22-18(24)11-27-20(26)8-9-23-16-4-2-3-5-17(16)28-12-19(23)25/h2-7,10H,8-9,11-12H2,1H3,(H,22,24). The number of esters is 1. The number of fused-ring (bicyclic) bond motifs is 1. The SMILES string of the molecule is Cc1ccc(Cl)cc1NC(=O)COC(=O)CCN1C(=O)CSc2ccccc21. The fourth-order valence-electron chi connectivity index (χ4n) is 2.74. The molecule has 3 rings (SSSR count). The summed E-state index contributed by atoms with van der Waals surface area (Å²) in [5.74, 6) is -0.699. The molecule has 0 saturated carbocycles. The third-order valence-electron chi connectivity index (χ3n) is 4.19. The average molecular weight is 419 g/mol. The fourth-order valence-corrected chi connectivity index (χ4v) is 3.84. The predicted octanol–water partition coefficient (Wildman–Crippen LogP) is 3.66. The van der Waals surface area contributed by atoms with Crippen LogP contribution < -0.4 is 10.2 Å². The van der Waals surface area contributed by atoms with E-state index in [9.17, 15) is 14.4 Å². The van der Waals surface area contributed by atoms with Crippen LogP contribution in [0.3, 0.4) is 0 Å². The van der Waals surface area contributed by atoms with Gasteiger partial charge in [-0.3, -0.25) is 14.4 Å².